The molecule has 2 N–H and O–H groups in total. The number of quaternary nitrogens is 1. The van der Waals surface area contributed by atoms with Crippen LogP contribution in [0, 0.1) is 0 Å². The van der Waals surface area contributed by atoms with Gasteiger partial charge in [-0.1, -0.05) is 261 Å². The maximum absolute atomic E-state index is 13.6. The number of unbranched alkanes of at least 4 members (excludes halogenated alkanes) is 34. The third-order valence-electron chi connectivity index (χ3n) is 14.6. The largest absolute Gasteiger partial charge is 0.472 e. The predicted molar refractivity (Wildman–Crippen MR) is 341 cm³/mol. The molecule has 10 heteroatoms. The molecule has 3 unspecified atom stereocenters. The molecule has 0 fully saturated rings. The second kappa shape index (κ2) is 58.6. The number of nitrogens with one attached hydrogen (secondary N) is 1. The van der Waals surface area contributed by atoms with Crippen molar-refractivity contribution in [2.24, 2.45) is 0 Å². The van der Waals surface area contributed by atoms with Gasteiger partial charge in [-0.3, -0.25) is 18.6 Å². The number of hydrogen-bond donors (Lipinski definition) is 2. The minimum atomic E-state index is -4.45. The molecule has 0 heterocycles. The Balaban J connectivity index is 5.13. The van der Waals surface area contributed by atoms with Gasteiger partial charge in [-0.15, -0.1) is 0 Å². The lowest BCUT2D eigenvalue weighted by molar-refractivity contribution is -0.870. The first kappa shape index (κ1) is 76.5. The van der Waals surface area contributed by atoms with Crippen LogP contribution in [0.1, 0.15) is 303 Å². The lowest BCUT2D eigenvalue weighted by Gasteiger charge is -2.27. The number of carbonyl (C=O) groups excluding carboxylic acids is 2. The molecule has 0 aromatic rings. The minimum Gasteiger partial charge on any atom is -0.456 e. The molecule has 0 spiro atoms. The molecule has 0 aliphatic rings. The molecule has 0 rings (SSSR count). The van der Waals surface area contributed by atoms with Crippen molar-refractivity contribution in [3.05, 3.63) is 72.9 Å². The van der Waals surface area contributed by atoms with Crippen molar-refractivity contribution in [1.82, 2.24) is 5.32 Å². The van der Waals surface area contributed by atoms with Gasteiger partial charge in [0.2, 0.25) is 5.91 Å². The van der Waals surface area contributed by atoms with E-state index < -0.39 is 20.0 Å². The normalized spacial score (nSPS) is 14.1. The maximum Gasteiger partial charge on any atom is 0.472 e. The quantitative estimate of drug-likeness (QED) is 0.0205. The fourth-order valence-corrected chi connectivity index (χ4v) is 10.2. The van der Waals surface area contributed by atoms with Crippen LogP contribution in [0.3, 0.4) is 0 Å². The second-order valence-electron chi connectivity index (χ2n) is 23.6. The minimum absolute atomic E-state index is 0.0370. The average molecular weight is 1130 g/mol. The fourth-order valence-electron chi connectivity index (χ4n) is 9.45. The van der Waals surface area contributed by atoms with Gasteiger partial charge in [-0.25, -0.2) is 4.57 Å². The summed E-state index contributed by atoms with van der Waals surface area (Å²) >= 11 is 0. The molecular formula is C69H128N2O7P+. The van der Waals surface area contributed by atoms with Crippen molar-refractivity contribution in [2.75, 3.05) is 40.9 Å². The summed E-state index contributed by atoms with van der Waals surface area (Å²) < 4.78 is 30.7. The topological polar surface area (TPSA) is 111 Å². The maximum atomic E-state index is 13.6. The highest BCUT2D eigenvalue weighted by molar-refractivity contribution is 7.47. The summed E-state index contributed by atoms with van der Waals surface area (Å²) in [6, 6.07) is -0.854. The Morgan fingerprint density at radius 1 is 0.443 bits per heavy atom. The summed E-state index contributed by atoms with van der Waals surface area (Å²) in [4.78, 5) is 37.8. The molecule has 0 saturated carbocycles. The first-order valence-electron chi connectivity index (χ1n) is 33.3. The van der Waals surface area contributed by atoms with Crippen molar-refractivity contribution in [1.29, 1.82) is 0 Å². The Morgan fingerprint density at radius 3 is 1.18 bits per heavy atom. The highest BCUT2D eigenvalue weighted by Gasteiger charge is 2.30. The van der Waals surface area contributed by atoms with Crippen molar-refractivity contribution in [3.8, 4) is 0 Å². The van der Waals surface area contributed by atoms with E-state index in [1.165, 1.54) is 193 Å². The molecule has 0 aliphatic carbocycles. The second-order valence-corrected chi connectivity index (χ2v) is 25.1. The number of phosphoric ester groups is 1. The molecule has 460 valence electrons. The van der Waals surface area contributed by atoms with Crippen LogP contribution in [0.4, 0.5) is 0 Å². The van der Waals surface area contributed by atoms with Gasteiger partial charge in [-0.2, -0.15) is 0 Å². The summed E-state index contributed by atoms with van der Waals surface area (Å²) in [5, 5.41) is 3.06. The number of rotatable bonds is 60. The lowest BCUT2D eigenvalue weighted by Crippen LogP contribution is -2.47. The molecule has 3 atom stereocenters. The fraction of sp³-hybridized carbons (Fsp3) is 0.797. The summed E-state index contributed by atoms with van der Waals surface area (Å²) in [6.07, 6.45) is 76.1. The van der Waals surface area contributed by atoms with Crippen molar-refractivity contribution >= 4 is 19.7 Å². The summed E-state index contributed by atoms with van der Waals surface area (Å²) in [7, 11) is 1.49. The van der Waals surface area contributed by atoms with E-state index in [-0.39, 0.29) is 31.5 Å². The monoisotopic (exact) mass is 1130 g/mol. The zero-order chi connectivity index (χ0) is 57.9. The van der Waals surface area contributed by atoms with Crippen LogP contribution in [-0.4, -0.2) is 74.3 Å². The molecule has 79 heavy (non-hydrogen) atoms. The van der Waals surface area contributed by atoms with Crippen LogP contribution in [0.2, 0.25) is 0 Å². The van der Waals surface area contributed by atoms with Gasteiger partial charge in [0.25, 0.3) is 0 Å². The molecule has 0 bridgehead atoms. The van der Waals surface area contributed by atoms with Crippen molar-refractivity contribution < 1.29 is 37.3 Å². The van der Waals surface area contributed by atoms with E-state index in [9.17, 15) is 19.0 Å². The van der Waals surface area contributed by atoms with Gasteiger partial charge in [-0.05, 0) is 102 Å². The number of allylic oxidation sites excluding steroid dienone is 11. The van der Waals surface area contributed by atoms with E-state index >= 15 is 0 Å². The molecule has 0 saturated heterocycles. The van der Waals surface area contributed by atoms with Gasteiger partial charge in [0.05, 0.1) is 33.8 Å². The molecule has 0 aliphatic heterocycles. The van der Waals surface area contributed by atoms with Crippen LogP contribution in [0.15, 0.2) is 72.9 Å². The highest BCUT2D eigenvalue weighted by atomic mass is 31.2. The van der Waals surface area contributed by atoms with Gasteiger partial charge in [0.1, 0.15) is 19.3 Å². The number of nitrogens with zero attached hydrogens (tertiary/aromatic N) is 1. The van der Waals surface area contributed by atoms with Crippen LogP contribution in [-0.2, 0) is 27.9 Å². The number of likely N-dealkylation sites (N-methyl/N-ethyl adjacent to an activating group) is 1. The molecule has 9 nitrogen and oxygen atoms in total. The van der Waals surface area contributed by atoms with E-state index in [1.807, 2.05) is 33.3 Å². The highest BCUT2D eigenvalue weighted by Crippen LogP contribution is 2.43. The molecule has 0 radical (unpaired) electrons. The smallest absolute Gasteiger partial charge is 0.456 e. The van der Waals surface area contributed by atoms with Gasteiger partial charge < -0.3 is 19.4 Å². The van der Waals surface area contributed by atoms with Crippen LogP contribution < -0.4 is 5.32 Å². The summed E-state index contributed by atoms with van der Waals surface area (Å²) in [5.41, 5.74) is 0. The Hall–Kier alpha value is -2.55. The summed E-state index contributed by atoms with van der Waals surface area (Å²) in [6.45, 7) is 6.97. The summed E-state index contributed by atoms with van der Waals surface area (Å²) in [5.74, 6) is -0.509. The van der Waals surface area contributed by atoms with Gasteiger partial charge in [0, 0.05) is 12.8 Å². The van der Waals surface area contributed by atoms with Crippen molar-refractivity contribution in [3.63, 3.8) is 0 Å². The Kier molecular flexibility index (Phi) is 56.7. The first-order chi connectivity index (χ1) is 38.4. The number of carbonyl (C=O) groups is 2. The van der Waals surface area contributed by atoms with E-state index in [0.717, 1.165) is 77.0 Å². The Bertz CT molecular complexity index is 1580. The third kappa shape index (κ3) is 59.9. The number of hydrogen-bond acceptors (Lipinski definition) is 6. The average Bonchev–Trinajstić information content (AvgIpc) is 3.41. The van der Waals surface area contributed by atoms with E-state index in [4.69, 9.17) is 13.8 Å². The van der Waals surface area contributed by atoms with Crippen LogP contribution in [0.5, 0.6) is 0 Å². The standard InChI is InChI=1S/C69H127N2O7P/c1-7-10-13-16-19-22-25-27-29-31-33-34-35-36-38-39-41-43-46-49-52-55-58-61-68(72)70-66(65-77-79(74,75)76-64-63-71(4,5)6)67(60-57-54-51-48-45-24-21-18-15-12-9-3)78-69(73)62-59-56-53-50-47-44-42-40-37-32-30-28-26-23-20-17-14-11-8-2/h19-20,22-23,27-30,33-34,57,60,66-67H,7-18,21,24-26,31-32,35-56,58-59,61-65H2,1-6H3,(H-,70,72,74,75)/p+1/b22-19-,23-20-,29-27-,30-28-,34-33-,60-57-. The van der Waals surface area contributed by atoms with Crippen LogP contribution >= 0.6 is 7.82 Å². The van der Waals surface area contributed by atoms with E-state index in [2.05, 4.69) is 86.8 Å². The molecule has 0 aromatic heterocycles. The zero-order valence-corrected chi connectivity index (χ0v) is 53.5. The number of amides is 1. The van der Waals surface area contributed by atoms with Gasteiger partial charge in [0.15, 0.2) is 0 Å². The Morgan fingerprint density at radius 2 is 0.772 bits per heavy atom. The van der Waals surface area contributed by atoms with E-state index in [1.54, 1.807) is 0 Å². The number of ether oxygens (including phenoxy) is 1. The third-order valence-corrected chi connectivity index (χ3v) is 15.6. The molecule has 0 aromatic carbocycles. The van der Waals surface area contributed by atoms with Crippen LogP contribution in [0.25, 0.3) is 0 Å². The van der Waals surface area contributed by atoms with Crippen molar-refractivity contribution in [2.45, 2.75) is 315 Å². The molecule has 1 amide bonds. The SMILES string of the molecule is CCCCC/C=C\C/C=C\C/C=C\CCCCCCCCCCCCC(=O)NC(COP(=O)(O)OCC[N+](C)(C)C)C(/C=C\CCCCCCCCCCC)OC(=O)CCCCCCCCCCC/C=C\C/C=C\CCCCC. The first-order valence-corrected chi connectivity index (χ1v) is 34.8. The van der Waals surface area contributed by atoms with Gasteiger partial charge >= 0.3 is 13.8 Å². The lowest BCUT2D eigenvalue weighted by atomic mass is 10.0. The zero-order valence-electron chi connectivity index (χ0n) is 52.6. The predicted octanol–water partition coefficient (Wildman–Crippen LogP) is 20.8. The van der Waals surface area contributed by atoms with E-state index in [0.29, 0.717) is 17.4 Å². The number of esters is 1. The Labute approximate surface area is 489 Å². The molecular weight excluding hydrogens is 1000 g/mol. The number of phosphoric acid groups is 1.